The SMILES string of the molecule is Cc1cccc2c1cnn2-c1nc2c(c(NCc3ccccc3)n1)CCCC2. The molecule has 0 saturated carbocycles. The predicted molar refractivity (Wildman–Crippen MR) is 112 cm³/mol. The Labute approximate surface area is 164 Å². The molecule has 4 aromatic rings. The van der Waals surface area contributed by atoms with Gasteiger partial charge in [-0.3, -0.25) is 0 Å². The molecule has 2 aromatic carbocycles. The van der Waals surface area contributed by atoms with E-state index in [1.165, 1.54) is 29.5 Å². The number of hydrogen-bond donors (Lipinski definition) is 1. The highest BCUT2D eigenvalue weighted by Crippen LogP contribution is 2.28. The Bertz CT molecular complexity index is 1130. The van der Waals surface area contributed by atoms with Gasteiger partial charge < -0.3 is 5.32 Å². The zero-order valence-corrected chi connectivity index (χ0v) is 16.0. The van der Waals surface area contributed by atoms with Crippen LogP contribution in [0.15, 0.2) is 54.7 Å². The molecule has 5 heteroatoms. The lowest BCUT2D eigenvalue weighted by atomic mass is 9.96. The molecule has 0 amide bonds. The molecule has 5 nitrogen and oxygen atoms in total. The molecule has 1 aliphatic rings. The summed E-state index contributed by atoms with van der Waals surface area (Å²) in [5.74, 6) is 1.59. The maximum absolute atomic E-state index is 4.90. The van der Waals surface area contributed by atoms with Crippen molar-refractivity contribution in [2.24, 2.45) is 0 Å². The van der Waals surface area contributed by atoms with Gasteiger partial charge in [0.1, 0.15) is 5.82 Å². The molecule has 1 aliphatic carbocycles. The van der Waals surface area contributed by atoms with Crippen LogP contribution in [0.3, 0.4) is 0 Å². The number of hydrogen-bond acceptors (Lipinski definition) is 4. The van der Waals surface area contributed by atoms with Gasteiger partial charge in [0.25, 0.3) is 5.95 Å². The number of nitrogens with zero attached hydrogens (tertiary/aromatic N) is 4. The topological polar surface area (TPSA) is 55.6 Å². The summed E-state index contributed by atoms with van der Waals surface area (Å²) >= 11 is 0. The smallest absolute Gasteiger partial charge is 0.253 e. The van der Waals surface area contributed by atoms with Crippen molar-refractivity contribution in [3.63, 3.8) is 0 Å². The van der Waals surface area contributed by atoms with Crippen LogP contribution in [0.2, 0.25) is 0 Å². The fourth-order valence-corrected chi connectivity index (χ4v) is 3.96. The van der Waals surface area contributed by atoms with E-state index >= 15 is 0 Å². The van der Waals surface area contributed by atoms with Crippen molar-refractivity contribution in [3.05, 3.63) is 77.1 Å². The Morgan fingerprint density at radius 1 is 0.964 bits per heavy atom. The third-order valence-corrected chi connectivity index (χ3v) is 5.50. The summed E-state index contributed by atoms with van der Waals surface area (Å²) in [6.45, 7) is 2.86. The van der Waals surface area contributed by atoms with Gasteiger partial charge in [0, 0.05) is 17.5 Å². The molecule has 0 unspecified atom stereocenters. The van der Waals surface area contributed by atoms with Crippen molar-refractivity contribution in [2.75, 3.05) is 5.32 Å². The van der Waals surface area contributed by atoms with Gasteiger partial charge in [-0.05, 0) is 49.8 Å². The van der Waals surface area contributed by atoms with Gasteiger partial charge >= 0.3 is 0 Å². The number of rotatable bonds is 4. The summed E-state index contributed by atoms with van der Waals surface area (Å²) in [5.41, 5.74) is 5.92. The monoisotopic (exact) mass is 369 g/mol. The number of benzene rings is 2. The summed E-state index contributed by atoms with van der Waals surface area (Å²) < 4.78 is 1.87. The molecular weight excluding hydrogens is 346 g/mol. The first-order chi connectivity index (χ1) is 13.8. The van der Waals surface area contributed by atoms with Crippen molar-refractivity contribution >= 4 is 16.7 Å². The number of fused-ring (bicyclic) bond motifs is 2. The quantitative estimate of drug-likeness (QED) is 0.570. The molecule has 0 aliphatic heterocycles. The van der Waals surface area contributed by atoms with E-state index in [0.29, 0.717) is 5.95 Å². The maximum Gasteiger partial charge on any atom is 0.253 e. The van der Waals surface area contributed by atoms with E-state index in [2.05, 4.69) is 59.8 Å². The van der Waals surface area contributed by atoms with Gasteiger partial charge in [-0.15, -0.1) is 0 Å². The van der Waals surface area contributed by atoms with Crippen LogP contribution in [-0.2, 0) is 19.4 Å². The van der Waals surface area contributed by atoms with Crippen LogP contribution in [0.25, 0.3) is 16.9 Å². The number of aromatic nitrogens is 4. The lowest BCUT2D eigenvalue weighted by Crippen LogP contribution is -2.16. The molecule has 2 heterocycles. The van der Waals surface area contributed by atoms with Gasteiger partial charge in [0.15, 0.2) is 0 Å². The standard InChI is InChI=1S/C23H23N5/c1-16-8-7-13-21-19(16)15-25-28(21)23-26-20-12-6-5-11-18(20)22(27-23)24-14-17-9-3-2-4-10-17/h2-4,7-10,13,15H,5-6,11-12,14H2,1H3,(H,24,26,27). The van der Waals surface area contributed by atoms with E-state index in [1.54, 1.807) is 0 Å². The molecular formula is C23H23N5. The van der Waals surface area contributed by atoms with E-state index in [1.807, 2.05) is 16.9 Å². The predicted octanol–water partition coefficient (Wildman–Crippen LogP) is 4.61. The molecule has 1 N–H and O–H groups in total. The highest BCUT2D eigenvalue weighted by Gasteiger charge is 2.19. The van der Waals surface area contributed by atoms with Crippen LogP contribution in [0.4, 0.5) is 5.82 Å². The Kier molecular flexibility index (Phi) is 4.28. The first-order valence-corrected chi connectivity index (χ1v) is 9.91. The minimum absolute atomic E-state index is 0.650. The zero-order chi connectivity index (χ0) is 18.9. The highest BCUT2D eigenvalue weighted by atomic mass is 15.4. The maximum atomic E-state index is 4.90. The first kappa shape index (κ1) is 16.9. The van der Waals surface area contributed by atoms with Crippen molar-refractivity contribution < 1.29 is 0 Å². The summed E-state index contributed by atoms with van der Waals surface area (Å²) in [5, 5.41) is 9.30. The highest BCUT2D eigenvalue weighted by molar-refractivity contribution is 5.83. The van der Waals surface area contributed by atoms with Gasteiger partial charge in [-0.1, -0.05) is 42.5 Å². The fraction of sp³-hybridized carbons (Fsp3) is 0.261. The Morgan fingerprint density at radius 3 is 2.71 bits per heavy atom. The minimum Gasteiger partial charge on any atom is -0.366 e. The fourth-order valence-electron chi connectivity index (χ4n) is 3.96. The van der Waals surface area contributed by atoms with E-state index in [9.17, 15) is 0 Å². The van der Waals surface area contributed by atoms with Crippen molar-refractivity contribution in [2.45, 2.75) is 39.2 Å². The Balaban J connectivity index is 1.58. The van der Waals surface area contributed by atoms with Crippen molar-refractivity contribution in [3.8, 4) is 5.95 Å². The largest absolute Gasteiger partial charge is 0.366 e. The number of anilines is 1. The molecule has 28 heavy (non-hydrogen) atoms. The Hall–Kier alpha value is -3.21. The van der Waals surface area contributed by atoms with E-state index in [0.717, 1.165) is 41.8 Å². The third kappa shape index (κ3) is 3.03. The molecule has 0 fully saturated rings. The third-order valence-electron chi connectivity index (χ3n) is 5.50. The second kappa shape index (κ2) is 7.08. The number of nitrogens with one attached hydrogen (secondary N) is 1. The van der Waals surface area contributed by atoms with Crippen LogP contribution >= 0.6 is 0 Å². The first-order valence-electron chi connectivity index (χ1n) is 9.91. The van der Waals surface area contributed by atoms with Gasteiger partial charge in [-0.2, -0.15) is 14.8 Å². The normalized spacial score (nSPS) is 13.5. The molecule has 5 rings (SSSR count). The average Bonchev–Trinajstić information content (AvgIpc) is 3.18. The molecule has 2 aromatic heterocycles. The molecule has 0 saturated heterocycles. The lowest BCUT2D eigenvalue weighted by molar-refractivity contribution is 0.655. The second-order valence-electron chi connectivity index (χ2n) is 7.41. The van der Waals surface area contributed by atoms with Crippen LogP contribution in [0.5, 0.6) is 0 Å². The zero-order valence-electron chi connectivity index (χ0n) is 16.0. The number of aryl methyl sites for hydroxylation is 2. The van der Waals surface area contributed by atoms with Crippen LogP contribution in [0, 0.1) is 6.92 Å². The lowest BCUT2D eigenvalue weighted by Gasteiger charge is -2.20. The minimum atomic E-state index is 0.650. The van der Waals surface area contributed by atoms with Gasteiger partial charge in [0.05, 0.1) is 17.4 Å². The van der Waals surface area contributed by atoms with Crippen LogP contribution in [-0.4, -0.2) is 19.7 Å². The van der Waals surface area contributed by atoms with E-state index in [-0.39, 0.29) is 0 Å². The second-order valence-corrected chi connectivity index (χ2v) is 7.41. The molecule has 0 spiro atoms. The summed E-state index contributed by atoms with van der Waals surface area (Å²) in [7, 11) is 0. The Morgan fingerprint density at radius 2 is 1.82 bits per heavy atom. The summed E-state index contributed by atoms with van der Waals surface area (Å²) in [4.78, 5) is 9.80. The molecule has 0 atom stereocenters. The van der Waals surface area contributed by atoms with Gasteiger partial charge in [-0.25, -0.2) is 4.98 Å². The van der Waals surface area contributed by atoms with Crippen LogP contribution < -0.4 is 5.32 Å². The summed E-state index contributed by atoms with van der Waals surface area (Å²) in [6, 6.07) is 16.7. The molecule has 0 bridgehead atoms. The average molecular weight is 369 g/mol. The van der Waals surface area contributed by atoms with Crippen molar-refractivity contribution in [1.82, 2.24) is 19.7 Å². The molecule has 0 radical (unpaired) electrons. The molecule has 140 valence electrons. The van der Waals surface area contributed by atoms with E-state index < -0.39 is 0 Å². The van der Waals surface area contributed by atoms with Crippen molar-refractivity contribution in [1.29, 1.82) is 0 Å². The van der Waals surface area contributed by atoms with Gasteiger partial charge in [0.2, 0.25) is 0 Å². The van der Waals surface area contributed by atoms with Crippen LogP contribution in [0.1, 0.15) is 35.2 Å². The summed E-state index contributed by atoms with van der Waals surface area (Å²) in [6.07, 6.45) is 6.32. The van der Waals surface area contributed by atoms with E-state index in [4.69, 9.17) is 9.97 Å².